The molecule has 3 aromatic rings. The van der Waals surface area contributed by atoms with Gasteiger partial charge in [-0.25, -0.2) is 31.1 Å². The molecule has 5 nitrogen and oxygen atoms in total. The van der Waals surface area contributed by atoms with Crippen molar-refractivity contribution in [3.63, 3.8) is 0 Å². The third-order valence-corrected chi connectivity index (χ3v) is 5.62. The van der Waals surface area contributed by atoms with E-state index in [0.717, 1.165) is 24.3 Å². The van der Waals surface area contributed by atoms with Crippen LogP contribution >= 0.6 is 0 Å². The molecule has 0 radical (unpaired) electrons. The Bertz CT molecular complexity index is 1260. The van der Waals surface area contributed by atoms with Gasteiger partial charge in [0.1, 0.15) is 5.75 Å². The van der Waals surface area contributed by atoms with Crippen LogP contribution < -0.4 is 14.8 Å². The van der Waals surface area contributed by atoms with Gasteiger partial charge >= 0.3 is 0 Å². The molecule has 164 valence electrons. The van der Waals surface area contributed by atoms with Gasteiger partial charge in [0.05, 0.1) is 17.7 Å². The lowest BCUT2D eigenvalue weighted by Crippen LogP contribution is -2.12. The number of hydrogen-bond donors (Lipinski definition) is 1. The molecule has 2 N–H and O–H groups in total. The molecular formula is C21H18F4N2O3S. The summed E-state index contributed by atoms with van der Waals surface area (Å²) >= 11 is 0. The van der Waals surface area contributed by atoms with Crippen molar-refractivity contribution < 1.29 is 30.7 Å². The Labute approximate surface area is 176 Å². The Morgan fingerprint density at radius 3 is 1.74 bits per heavy atom. The van der Waals surface area contributed by atoms with Crippen LogP contribution in [-0.2, 0) is 10.0 Å². The van der Waals surface area contributed by atoms with Crippen LogP contribution in [0.4, 0.5) is 23.2 Å². The van der Waals surface area contributed by atoms with Crippen molar-refractivity contribution in [2.75, 3.05) is 26.1 Å². The van der Waals surface area contributed by atoms with E-state index in [2.05, 4.69) is 0 Å². The third kappa shape index (κ3) is 4.08. The molecule has 0 aliphatic carbocycles. The van der Waals surface area contributed by atoms with Crippen molar-refractivity contribution >= 4 is 15.7 Å². The van der Waals surface area contributed by atoms with Crippen molar-refractivity contribution in [3.05, 3.63) is 65.7 Å². The number of nitrogens with zero attached hydrogens (tertiary/aromatic N) is 1. The topological polar surface area (TPSA) is 72.6 Å². The van der Waals surface area contributed by atoms with Crippen LogP contribution in [0.1, 0.15) is 0 Å². The van der Waals surface area contributed by atoms with Crippen LogP contribution in [0.2, 0.25) is 0 Å². The molecule has 0 heterocycles. The predicted molar refractivity (Wildman–Crippen MR) is 109 cm³/mol. The largest absolute Gasteiger partial charge is 0.495 e. The van der Waals surface area contributed by atoms with E-state index in [9.17, 15) is 26.0 Å². The molecule has 3 rings (SSSR count). The number of hydrogen-bond acceptors (Lipinski definition) is 4. The number of anilines is 1. The summed E-state index contributed by atoms with van der Waals surface area (Å²) in [5.41, 5.74) is -0.608. The van der Waals surface area contributed by atoms with Gasteiger partial charge in [-0.3, -0.25) is 0 Å². The van der Waals surface area contributed by atoms with Gasteiger partial charge in [-0.2, -0.15) is 0 Å². The van der Waals surface area contributed by atoms with E-state index in [1.165, 1.54) is 25.3 Å². The standard InChI is InChI=1S/C21H18F4N2O3S/c1-27(2)14-10-12(6-9-15(14)30-3)17-16(18(22)20(24)21(25)19(17)23)11-4-7-13(8-5-11)31(26,28)29/h4-10H,1-3H3,(H2,26,28,29). The summed E-state index contributed by atoms with van der Waals surface area (Å²) < 4.78 is 86.2. The van der Waals surface area contributed by atoms with E-state index in [1.807, 2.05) is 0 Å². The summed E-state index contributed by atoms with van der Waals surface area (Å²) in [6, 6.07) is 8.69. The number of benzene rings is 3. The number of sulfonamides is 1. The average molecular weight is 454 g/mol. The number of halogens is 4. The van der Waals surface area contributed by atoms with E-state index in [-0.39, 0.29) is 16.0 Å². The van der Waals surface area contributed by atoms with Gasteiger partial charge < -0.3 is 9.64 Å². The van der Waals surface area contributed by atoms with Crippen molar-refractivity contribution in [1.29, 1.82) is 0 Å². The van der Waals surface area contributed by atoms with Gasteiger partial charge in [-0.15, -0.1) is 0 Å². The Kier molecular flexibility index (Phi) is 5.97. The number of primary sulfonamides is 1. The summed E-state index contributed by atoms with van der Waals surface area (Å²) in [6.07, 6.45) is 0. The normalized spacial score (nSPS) is 11.5. The molecule has 0 saturated carbocycles. The van der Waals surface area contributed by atoms with Gasteiger partial charge in [0.2, 0.25) is 10.0 Å². The van der Waals surface area contributed by atoms with Gasteiger partial charge in [-0.1, -0.05) is 18.2 Å². The minimum absolute atomic E-state index is 0.0605. The molecule has 0 aliphatic rings. The Hall–Kier alpha value is -3.11. The maximum Gasteiger partial charge on any atom is 0.238 e. The quantitative estimate of drug-likeness (QED) is 0.355. The fourth-order valence-corrected chi connectivity index (χ4v) is 3.70. The van der Waals surface area contributed by atoms with Crippen LogP contribution in [-0.4, -0.2) is 29.6 Å². The summed E-state index contributed by atoms with van der Waals surface area (Å²) in [5, 5.41) is 5.05. The van der Waals surface area contributed by atoms with Gasteiger partial charge in [-0.05, 0) is 35.4 Å². The number of nitrogens with two attached hydrogens (primary N) is 1. The van der Waals surface area contributed by atoms with Crippen molar-refractivity contribution in [3.8, 4) is 28.0 Å². The van der Waals surface area contributed by atoms with Crippen molar-refractivity contribution in [2.24, 2.45) is 5.14 Å². The highest BCUT2D eigenvalue weighted by Crippen LogP contribution is 2.41. The molecule has 0 aromatic heterocycles. The molecule has 0 atom stereocenters. The lowest BCUT2D eigenvalue weighted by molar-refractivity contribution is 0.412. The van der Waals surface area contributed by atoms with E-state index in [4.69, 9.17) is 9.88 Å². The number of rotatable bonds is 5. The molecule has 0 amide bonds. The fraction of sp³-hybridized carbons (Fsp3) is 0.143. The first-order valence-electron chi connectivity index (χ1n) is 8.82. The Morgan fingerprint density at radius 1 is 0.806 bits per heavy atom. The zero-order chi connectivity index (χ0) is 23.1. The second-order valence-corrected chi connectivity index (χ2v) is 8.42. The molecule has 31 heavy (non-hydrogen) atoms. The predicted octanol–water partition coefficient (Wildman–Crippen LogP) is 4.30. The van der Waals surface area contributed by atoms with Crippen LogP contribution in [0.3, 0.4) is 0 Å². The smallest absolute Gasteiger partial charge is 0.238 e. The Morgan fingerprint density at radius 2 is 1.29 bits per heavy atom. The summed E-state index contributed by atoms with van der Waals surface area (Å²) in [5.74, 6) is -6.71. The highest BCUT2D eigenvalue weighted by atomic mass is 32.2. The lowest BCUT2D eigenvalue weighted by atomic mass is 9.92. The minimum atomic E-state index is -4.04. The fourth-order valence-electron chi connectivity index (χ4n) is 3.18. The van der Waals surface area contributed by atoms with Crippen molar-refractivity contribution in [2.45, 2.75) is 4.90 Å². The second-order valence-electron chi connectivity index (χ2n) is 6.86. The first kappa shape index (κ1) is 22.6. The number of methoxy groups -OCH3 is 1. The van der Waals surface area contributed by atoms with Crippen LogP contribution in [0.25, 0.3) is 22.3 Å². The average Bonchev–Trinajstić information content (AvgIpc) is 2.73. The monoisotopic (exact) mass is 454 g/mol. The highest BCUT2D eigenvalue weighted by molar-refractivity contribution is 7.89. The highest BCUT2D eigenvalue weighted by Gasteiger charge is 2.28. The van der Waals surface area contributed by atoms with E-state index in [1.54, 1.807) is 19.0 Å². The summed E-state index contributed by atoms with van der Waals surface area (Å²) in [6.45, 7) is 0. The maximum absolute atomic E-state index is 14.9. The van der Waals surface area contributed by atoms with Crippen molar-refractivity contribution in [1.82, 2.24) is 0 Å². The van der Waals surface area contributed by atoms with E-state index in [0.29, 0.717) is 11.4 Å². The molecule has 0 spiro atoms. The molecule has 0 bridgehead atoms. The van der Waals surface area contributed by atoms with Crippen LogP contribution in [0, 0.1) is 23.3 Å². The maximum atomic E-state index is 14.9. The molecule has 3 aromatic carbocycles. The van der Waals surface area contributed by atoms with E-state index >= 15 is 0 Å². The second kappa shape index (κ2) is 8.20. The zero-order valence-corrected chi connectivity index (χ0v) is 17.5. The molecular weight excluding hydrogens is 436 g/mol. The SMILES string of the molecule is COc1ccc(-c2c(F)c(F)c(F)c(F)c2-c2ccc(S(N)(=O)=O)cc2)cc1N(C)C. The van der Waals surface area contributed by atoms with Gasteiger partial charge in [0.15, 0.2) is 23.3 Å². The first-order valence-corrected chi connectivity index (χ1v) is 10.4. The van der Waals surface area contributed by atoms with Crippen LogP contribution in [0.5, 0.6) is 5.75 Å². The molecule has 0 unspecified atom stereocenters. The molecule has 0 saturated heterocycles. The summed E-state index contributed by atoms with van der Waals surface area (Å²) in [7, 11) is 0.770. The Balaban J connectivity index is 2.35. The van der Waals surface area contributed by atoms with E-state index < -0.39 is 44.4 Å². The molecule has 0 aliphatic heterocycles. The first-order chi connectivity index (χ1) is 14.5. The van der Waals surface area contributed by atoms with Gasteiger partial charge in [0.25, 0.3) is 0 Å². The summed E-state index contributed by atoms with van der Waals surface area (Å²) in [4.78, 5) is 1.37. The molecule has 10 heteroatoms. The van der Waals surface area contributed by atoms with Crippen LogP contribution in [0.15, 0.2) is 47.4 Å². The molecule has 0 fully saturated rings. The minimum Gasteiger partial charge on any atom is -0.495 e. The lowest BCUT2D eigenvalue weighted by Gasteiger charge is -2.20. The number of ether oxygens (including phenoxy) is 1. The zero-order valence-electron chi connectivity index (χ0n) is 16.7. The third-order valence-electron chi connectivity index (χ3n) is 4.69. The van der Waals surface area contributed by atoms with Gasteiger partial charge in [0, 0.05) is 25.2 Å².